The molecule has 2 aromatic rings. The van der Waals surface area contributed by atoms with Crippen LogP contribution in [0, 0.1) is 5.92 Å². The summed E-state index contributed by atoms with van der Waals surface area (Å²) in [6.45, 7) is 3.17. The van der Waals surface area contributed by atoms with Gasteiger partial charge in [0, 0.05) is 5.92 Å². The summed E-state index contributed by atoms with van der Waals surface area (Å²) in [7, 11) is 0. The summed E-state index contributed by atoms with van der Waals surface area (Å²) in [5, 5.41) is 19.6. The van der Waals surface area contributed by atoms with Crippen molar-refractivity contribution >= 4 is 11.2 Å². The third-order valence-corrected chi connectivity index (χ3v) is 3.92. The standard InChI is InChI=1S/C12H16N4O4/c1-6-8(18)12(2,3-17)20-11(6)16-5-15-7-9(16)13-4-14-10(7)19/h4-6,8,11,17-18H,3H2,1-2H3,(H,13,14,19)/t6-,8-,11+,12+/m0/s1. The number of aromatic amines is 1. The molecule has 1 aliphatic heterocycles. The Bertz CT molecular complexity index is 696. The smallest absolute Gasteiger partial charge is 0.278 e. The van der Waals surface area contributed by atoms with Crippen molar-refractivity contribution in [3.63, 3.8) is 0 Å². The van der Waals surface area contributed by atoms with Crippen LogP contribution < -0.4 is 5.56 Å². The summed E-state index contributed by atoms with van der Waals surface area (Å²) in [5.74, 6) is -0.273. The first kappa shape index (κ1) is 13.2. The normalized spacial score (nSPS) is 33.9. The SMILES string of the molecule is C[C@@H]1[C@H](n2cnc3c(=O)[nH]cnc32)O[C@](C)(CO)[C@H]1O. The third kappa shape index (κ3) is 1.69. The lowest BCUT2D eigenvalue weighted by molar-refractivity contribution is -0.115. The van der Waals surface area contributed by atoms with Gasteiger partial charge in [-0.1, -0.05) is 6.92 Å². The van der Waals surface area contributed by atoms with Gasteiger partial charge in [0.1, 0.15) is 11.8 Å². The molecule has 0 unspecified atom stereocenters. The maximum absolute atomic E-state index is 11.6. The second-order valence-electron chi connectivity index (χ2n) is 5.34. The van der Waals surface area contributed by atoms with Gasteiger partial charge in [0.25, 0.3) is 5.56 Å². The second-order valence-corrected chi connectivity index (χ2v) is 5.34. The first-order chi connectivity index (χ1) is 9.48. The molecule has 3 heterocycles. The van der Waals surface area contributed by atoms with E-state index in [1.54, 1.807) is 11.5 Å². The number of aliphatic hydroxyl groups excluding tert-OH is 2. The van der Waals surface area contributed by atoms with Crippen molar-refractivity contribution < 1.29 is 14.9 Å². The Morgan fingerprint density at radius 1 is 1.55 bits per heavy atom. The number of hydrogen-bond donors (Lipinski definition) is 3. The summed E-state index contributed by atoms with van der Waals surface area (Å²) in [6, 6.07) is 0. The molecule has 4 atom stereocenters. The highest BCUT2D eigenvalue weighted by molar-refractivity contribution is 5.68. The number of fused-ring (bicyclic) bond motifs is 1. The molecule has 0 radical (unpaired) electrons. The van der Waals surface area contributed by atoms with Gasteiger partial charge in [-0.15, -0.1) is 0 Å². The number of nitrogens with zero attached hydrogens (tertiary/aromatic N) is 3. The Balaban J connectivity index is 2.09. The summed E-state index contributed by atoms with van der Waals surface area (Å²) < 4.78 is 7.40. The average molecular weight is 280 g/mol. The fourth-order valence-corrected chi connectivity index (χ4v) is 2.66. The van der Waals surface area contributed by atoms with Gasteiger partial charge in [0.05, 0.1) is 25.4 Å². The highest BCUT2D eigenvalue weighted by Crippen LogP contribution is 2.41. The summed E-state index contributed by atoms with van der Waals surface area (Å²) in [4.78, 5) is 22.2. The van der Waals surface area contributed by atoms with Crippen LogP contribution in [0.2, 0.25) is 0 Å². The van der Waals surface area contributed by atoms with Crippen LogP contribution in [0.4, 0.5) is 0 Å². The van der Waals surface area contributed by atoms with E-state index < -0.39 is 17.9 Å². The molecular formula is C12H16N4O4. The van der Waals surface area contributed by atoms with Gasteiger partial charge in [-0.3, -0.25) is 9.36 Å². The van der Waals surface area contributed by atoms with Gasteiger partial charge >= 0.3 is 0 Å². The molecule has 8 nitrogen and oxygen atoms in total. The van der Waals surface area contributed by atoms with Crippen LogP contribution in [-0.2, 0) is 4.74 Å². The van der Waals surface area contributed by atoms with Gasteiger partial charge in [0.2, 0.25) is 0 Å². The molecule has 20 heavy (non-hydrogen) atoms. The number of ether oxygens (including phenoxy) is 1. The maximum Gasteiger partial charge on any atom is 0.278 e. The van der Waals surface area contributed by atoms with Crippen LogP contribution in [0.15, 0.2) is 17.4 Å². The maximum atomic E-state index is 11.6. The largest absolute Gasteiger partial charge is 0.393 e. The Labute approximate surface area is 114 Å². The molecule has 0 saturated carbocycles. The van der Waals surface area contributed by atoms with Crippen molar-refractivity contribution in [1.82, 2.24) is 19.5 Å². The fraction of sp³-hybridized carbons (Fsp3) is 0.583. The minimum Gasteiger partial charge on any atom is -0.393 e. The zero-order chi connectivity index (χ0) is 14.5. The van der Waals surface area contributed by atoms with Crippen molar-refractivity contribution in [2.24, 2.45) is 5.92 Å². The van der Waals surface area contributed by atoms with Gasteiger partial charge < -0.3 is 19.9 Å². The summed E-state index contributed by atoms with van der Waals surface area (Å²) in [6.07, 6.45) is 1.40. The van der Waals surface area contributed by atoms with Gasteiger partial charge in [-0.05, 0) is 6.92 Å². The van der Waals surface area contributed by atoms with Crippen LogP contribution in [0.5, 0.6) is 0 Å². The van der Waals surface area contributed by atoms with Crippen molar-refractivity contribution in [3.8, 4) is 0 Å². The van der Waals surface area contributed by atoms with E-state index in [0.717, 1.165) is 0 Å². The summed E-state index contributed by atoms with van der Waals surface area (Å²) in [5.41, 5.74) is -0.762. The van der Waals surface area contributed by atoms with Gasteiger partial charge in [-0.2, -0.15) is 0 Å². The zero-order valence-corrected chi connectivity index (χ0v) is 11.1. The van der Waals surface area contributed by atoms with Gasteiger partial charge in [-0.25, -0.2) is 9.97 Å². The Morgan fingerprint density at radius 2 is 2.30 bits per heavy atom. The molecule has 1 saturated heterocycles. The molecule has 0 spiro atoms. The lowest BCUT2D eigenvalue weighted by Gasteiger charge is -2.25. The third-order valence-electron chi connectivity index (χ3n) is 3.92. The van der Waals surface area contributed by atoms with Crippen LogP contribution in [-0.4, -0.2) is 48.0 Å². The fourth-order valence-electron chi connectivity index (χ4n) is 2.66. The second kappa shape index (κ2) is 4.37. The topological polar surface area (TPSA) is 113 Å². The quantitative estimate of drug-likeness (QED) is 0.676. The van der Waals surface area contributed by atoms with Crippen molar-refractivity contribution in [2.45, 2.75) is 31.8 Å². The molecule has 0 aliphatic carbocycles. The minimum atomic E-state index is -1.04. The monoisotopic (exact) mass is 280 g/mol. The van der Waals surface area contributed by atoms with Crippen LogP contribution in [0.25, 0.3) is 11.2 Å². The van der Waals surface area contributed by atoms with E-state index in [2.05, 4.69) is 15.0 Å². The molecule has 0 bridgehead atoms. The van der Waals surface area contributed by atoms with Crippen molar-refractivity contribution in [1.29, 1.82) is 0 Å². The average Bonchev–Trinajstić information content (AvgIpc) is 2.96. The van der Waals surface area contributed by atoms with E-state index >= 15 is 0 Å². The Kier molecular flexibility index (Phi) is 2.89. The van der Waals surface area contributed by atoms with E-state index in [4.69, 9.17) is 4.74 Å². The number of nitrogens with one attached hydrogen (secondary N) is 1. The predicted octanol–water partition coefficient (Wildman–Crippen LogP) is -0.604. The first-order valence-corrected chi connectivity index (χ1v) is 6.35. The molecule has 0 aromatic carbocycles. The molecule has 3 rings (SSSR count). The van der Waals surface area contributed by atoms with E-state index in [0.29, 0.717) is 5.65 Å². The lowest BCUT2D eigenvalue weighted by atomic mass is 9.93. The molecule has 8 heteroatoms. The summed E-state index contributed by atoms with van der Waals surface area (Å²) >= 11 is 0. The Morgan fingerprint density at radius 3 is 2.95 bits per heavy atom. The number of rotatable bonds is 2. The molecule has 3 N–H and O–H groups in total. The molecule has 0 amide bonds. The van der Waals surface area contributed by atoms with E-state index in [1.165, 1.54) is 12.7 Å². The van der Waals surface area contributed by atoms with Crippen molar-refractivity contribution in [2.75, 3.05) is 6.61 Å². The number of aliphatic hydroxyl groups is 2. The molecule has 1 aliphatic rings. The van der Waals surface area contributed by atoms with Crippen molar-refractivity contribution in [3.05, 3.63) is 23.0 Å². The van der Waals surface area contributed by atoms with Crippen LogP contribution in [0.3, 0.4) is 0 Å². The minimum absolute atomic E-state index is 0.218. The lowest BCUT2D eigenvalue weighted by Crippen LogP contribution is -2.41. The number of H-pyrrole nitrogens is 1. The zero-order valence-electron chi connectivity index (χ0n) is 11.1. The predicted molar refractivity (Wildman–Crippen MR) is 68.9 cm³/mol. The van der Waals surface area contributed by atoms with Gasteiger partial charge in [0.15, 0.2) is 11.2 Å². The van der Waals surface area contributed by atoms with Crippen LogP contribution >= 0.6 is 0 Å². The molecule has 2 aromatic heterocycles. The highest BCUT2D eigenvalue weighted by Gasteiger charge is 2.50. The number of hydrogen-bond acceptors (Lipinski definition) is 6. The number of imidazole rings is 1. The highest BCUT2D eigenvalue weighted by atomic mass is 16.6. The Hall–Kier alpha value is -1.77. The van der Waals surface area contributed by atoms with E-state index in [-0.39, 0.29) is 23.6 Å². The van der Waals surface area contributed by atoms with Crippen LogP contribution in [0.1, 0.15) is 20.1 Å². The first-order valence-electron chi connectivity index (χ1n) is 6.35. The van der Waals surface area contributed by atoms with E-state index in [9.17, 15) is 15.0 Å². The molecular weight excluding hydrogens is 264 g/mol. The van der Waals surface area contributed by atoms with E-state index in [1.807, 2.05) is 6.92 Å². The number of aromatic nitrogens is 4. The molecule has 1 fully saturated rings. The molecule has 108 valence electrons.